The lowest BCUT2D eigenvalue weighted by Gasteiger charge is -2.34. The van der Waals surface area contributed by atoms with E-state index >= 15 is 0 Å². The van der Waals surface area contributed by atoms with Crippen molar-refractivity contribution in [3.05, 3.63) is 48.0 Å². The molecule has 0 N–H and O–H groups in total. The number of benzene rings is 1. The highest BCUT2D eigenvalue weighted by molar-refractivity contribution is 5.71. The van der Waals surface area contributed by atoms with E-state index in [1.807, 2.05) is 65.0 Å². The maximum Gasteiger partial charge on any atom is 0.413 e. The van der Waals surface area contributed by atoms with E-state index in [9.17, 15) is 9.59 Å². The van der Waals surface area contributed by atoms with Crippen molar-refractivity contribution in [2.24, 2.45) is 0 Å². The van der Waals surface area contributed by atoms with Crippen LogP contribution in [0.25, 0.3) is 0 Å². The van der Waals surface area contributed by atoms with Gasteiger partial charge < -0.3 is 9.47 Å². The summed E-state index contributed by atoms with van der Waals surface area (Å²) in [5.74, 6) is 0. The van der Waals surface area contributed by atoms with Gasteiger partial charge >= 0.3 is 6.09 Å². The van der Waals surface area contributed by atoms with Crippen LogP contribution in [0.15, 0.2) is 42.5 Å². The number of carbonyl (C=O) groups excluding carboxylic acids is 2. The van der Waals surface area contributed by atoms with E-state index < -0.39 is 23.5 Å². The summed E-state index contributed by atoms with van der Waals surface area (Å²) < 4.78 is 11.7. The molecule has 1 aromatic carbocycles. The van der Waals surface area contributed by atoms with Crippen molar-refractivity contribution in [2.45, 2.75) is 58.1 Å². The van der Waals surface area contributed by atoms with Crippen molar-refractivity contribution in [3.8, 4) is 0 Å². The Bertz CT molecular complexity index is 616. The largest absolute Gasteiger partial charge is 0.444 e. The van der Waals surface area contributed by atoms with Crippen molar-refractivity contribution >= 4 is 12.4 Å². The molecule has 130 valence electrons. The summed E-state index contributed by atoms with van der Waals surface area (Å²) in [5, 5.41) is 0. The summed E-state index contributed by atoms with van der Waals surface area (Å²) in [5.41, 5.74) is -0.533. The molecule has 1 amide bonds. The molecule has 0 aromatic heterocycles. The molecule has 1 aliphatic heterocycles. The van der Waals surface area contributed by atoms with Crippen LogP contribution >= 0.6 is 0 Å². The Morgan fingerprint density at radius 3 is 2.42 bits per heavy atom. The first-order valence-corrected chi connectivity index (χ1v) is 8.03. The average Bonchev–Trinajstić information content (AvgIpc) is 2.75. The van der Waals surface area contributed by atoms with Gasteiger partial charge in [0.1, 0.15) is 23.7 Å². The summed E-state index contributed by atoms with van der Waals surface area (Å²) in [6, 6.07) is 9.22. The highest BCUT2D eigenvalue weighted by atomic mass is 16.6. The number of allylic oxidation sites excluding steroid dienone is 1. The van der Waals surface area contributed by atoms with Crippen LogP contribution in [0.2, 0.25) is 0 Å². The molecule has 0 unspecified atom stereocenters. The molecular weight excluding hydrogens is 306 g/mol. The van der Waals surface area contributed by atoms with Crippen molar-refractivity contribution < 1.29 is 19.1 Å². The Morgan fingerprint density at radius 2 is 1.88 bits per heavy atom. The number of aldehydes is 1. The molecular formula is C19H25NO4. The molecule has 1 saturated heterocycles. The average molecular weight is 331 g/mol. The second-order valence-electron chi connectivity index (χ2n) is 7.26. The molecule has 1 fully saturated rings. The first-order valence-electron chi connectivity index (χ1n) is 8.03. The van der Waals surface area contributed by atoms with E-state index in [2.05, 4.69) is 0 Å². The molecule has 1 aromatic rings. The van der Waals surface area contributed by atoms with E-state index in [1.165, 1.54) is 6.08 Å². The van der Waals surface area contributed by atoms with Gasteiger partial charge in [0.05, 0.1) is 6.04 Å². The molecule has 0 saturated carbocycles. The Labute approximate surface area is 143 Å². The smallest absolute Gasteiger partial charge is 0.413 e. The first-order chi connectivity index (χ1) is 11.2. The van der Waals surface area contributed by atoms with E-state index in [0.717, 1.165) is 5.56 Å². The molecule has 2 rings (SSSR count). The number of hydrogen-bond acceptors (Lipinski definition) is 4. The lowest BCUT2D eigenvalue weighted by Crippen LogP contribution is -2.49. The van der Waals surface area contributed by atoms with Crippen LogP contribution in [-0.4, -0.2) is 34.6 Å². The van der Waals surface area contributed by atoms with Crippen LogP contribution in [0, 0.1) is 0 Å². The van der Waals surface area contributed by atoms with Crippen LogP contribution in [0.3, 0.4) is 0 Å². The van der Waals surface area contributed by atoms with Crippen LogP contribution < -0.4 is 0 Å². The monoisotopic (exact) mass is 331 g/mol. The molecule has 5 nitrogen and oxygen atoms in total. The zero-order valence-corrected chi connectivity index (χ0v) is 14.9. The Morgan fingerprint density at radius 1 is 1.25 bits per heavy atom. The lowest BCUT2D eigenvalue weighted by molar-refractivity contribution is -0.104. The molecule has 1 heterocycles. The SMILES string of the molecule is CC(C)(C)OC(=O)N1[C@H](/C=C/C=O)[C@@H](c2ccccc2)OC1(C)C. The zero-order valence-electron chi connectivity index (χ0n) is 14.9. The zero-order chi connectivity index (χ0) is 18.0. The highest BCUT2D eigenvalue weighted by Gasteiger charge is 2.50. The maximum atomic E-state index is 12.7. The number of ether oxygens (including phenoxy) is 2. The van der Waals surface area contributed by atoms with Gasteiger partial charge in [0.25, 0.3) is 0 Å². The fourth-order valence-corrected chi connectivity index (χ4v) is 2.84. The minimum atomic E-state index is -0.860. The predicted octanol–water partition coefficient (Wildman–Crippen LogP) is 3.85. The predicted molar refractivity (Wildman–Crippen MR) is 91.4 cm³/mol. The number of hydrogen-bond donors (Lipinski definition) is 0. The second kappa shape index (κ2) is 6.77. The van der Waals surface area contributed by atoms with Gasteiger partial charge in [-0.25, -0.2) is 4.79 Å². The molecule has 0 bridgehead atoms. The fraction of sp³-hybridized carbons (Fsp3) is 0.474. The van der Waals surface area contributed by atoms with Gasteiger partial charge in [0.2, 0.25) is 0 Å². The third-order valence-electron chi connectivity index (χ3n) is 3.71. The minimum Gasteiger partial charge on any atom is -0.444 e. The molecule has 1 aliphatic rings. The van der Waals surface area contributed by atoms with Gasteiger partial charge in [0.15, 0.2) is 0 Å². The van der Waals surface area contributed by atoms with Gasteiger partial charge in [-0.15, -0.1) is 0 Å². The van der Waals surface area contributed by atoms with Gasteiger partial charge in [0, 0.05) is 0 Å². The van der Waals surface area contributed by atoms with Crippen LogP contribution in [0.4, 0.5) is 4.79 Å². The van der Waals surface area contributed by atoms with Gasteiger partial charge in [-0.3, -0.25) is 9.69 Å². The van der Waals surface area contributed by atoms with E-state index in [4.69, 9.17) is 9.47 Å². The molecule has 0 spiro atoms. The molecule has 0 aliphatic carbocycles. The number of carbonyl (C=O) groups is 2. The summed E-state index contributed by atoms with van der Waals surface area (Å²) in [6.07, 6.45) is 2.93. The van der Waals surface area contributed by atoms with Gasteiger partial charge in [-0.05, 0) is 46.3 Å². The third-order valence-corrected chi connectivity index (χ3v) is 3.71. The van der Waals surface area contributed by atoms with E-state index in [1.54, 1.807) is 11.0 Å². The number of rotatable bonds is 3. The highest BCUT2D eigenvalue weighted by Crippen LogP contribution is 2.42. The molecule has 0 radical (unpaired) electrons. The minimum absolute atomic E-state index is 0.370. The standard InChI is InChI=1S/C19H25NO4/c1-18(2,3)24-17(22)20-15(12-9-13-21)16(23-19(20,4)5)14-10-7-6-8-11-14/h6-13,15-16H,1-5H3/b12-9+/t15-,16-/m1/s1. The Balaban J connectivity index is 2.41. The fourth-order valence-electron chi connectivity index (χ4n) is 2.84. The number of amides is 1. The number of nitrogens with zero attached hydrogens (tertiary/aromatic N) is 1. The Hall–Kier alpha value is -2.14. The van der Waals surface area contributed by atoms with Crippen LogP contribution in [0.5, 0.6) is 0 Å². The summed E-state index contributed by atoms with van der Waals surface area (Å²) in [6.45, 7) is 9.10. The quantitative estimate of drug-likeness (QED) is 0.623. The lowest BCUT2D eigenvalue weighted by atomic mass is 10.0. The van der Waals surface area contributed by atoms with Crippen molar-refractivity contribution in [3.63, 3.8) is 0 Å². The molecule has 2 atom stereocenters. The van der Waals surface area contributed by atoms with Crippen molar-refractivity contribution in [2.75, 3.05) is 0 Å². The van der Waals surface area contributed by atoms with Crippen molar-refractivity contribution in [1.29, 1.82) is 0 Å². The first kappa shape index (κ1) is 18.2. The summed E-state index contributed by atoms with van der Waals surface area (Å²) in [7, 11) is 0. The molecule has 24 heavy (non-hydrogen) atoms. The summed E-state index contributed by atoms with van der Waals surface area (Å²) >= 11 is 0. The Kier molecular flexibility index (Phi) is 5.13. The van der Waals surface area contributed by atoms with Crippen LogP contribution in [0.1, 0.15) is 46.3 Å². The maximum absolute atomic E-state index is 12.7. The second-order valence-corrected chi connectivity index (χ2v) is 7.26. The normalized spacial score (nSPS) is 23.5. The summed E-state index contributed by atoms with van der Waals surface area (Å²) in [4.78, 5) is 25.1. The van der Waals surface area contributed by atoms with Crippen molar-refractivity contribution in [1.82, 2.24) is 4.90 Å². The van der Waals surface area contributed by atoms with Gasteiger partial charge in [-0.2, -0.15) is 0 Å². The van der Waals surface area contributed by atoms with Gasteiger partial charge in [-0.1, -0.05) is 36.4 Å². The third kappa shape index (κ3) is 4.03. The van der Waals surface area contributed by atoms with E-state index in [-0.39, 0.29) is 6.10 Å². The molecule has 5 heteroatoms. The topological polar surface area (TPSA) is 55.8 Å². The van der Waals surface area contributed by atoms with Crippen LogP contribution in [-0.2, 0) is 14.3 Å². The van der Waals surface area contributed by atoms with E-state index in [0.29, 0.717) is 6.29 Å².